The molecular weight excluding hydrogens is 336 g/mol. The van der Waals surface area contributed by atoms with E-state index in [0.717, 1.165) is 31.9 Å². The molecule has 0 spiro atoms. The highest BCUT2D eigenvalue weighted by Crippen LogP contribution is 2.37. The summed E-state index contributed by atoms with van der Waals surface area (Å²) in [4.78, 5) is 4.82. The number of sulfonamides is 1. The molecule has 2 aliphatic rings. The maximum absolute atomic E-state index is 12.2. The Labute approximate surface area is 153 Å². The largest absolute Gasteiger partial charge is 0.357 e. The van der Waals surface area contributed by atoms with E-state index in [2.05, 4.69) is 24.5 Å². The number of guanidine groups is 1. The maximum Gasteiger partial charge on any atom is 0.214 e. The predicted molar refractivity (Wildman–Crippen MR) is 104 cm³/mol. The van der Waals surface area contributed by atoms with Crippen molar-refractivity contribution in [2.24, 2.45) is 10.4 Å². The van der Waals surface area contributed by atoms with E-state index in [0.29, 0.717) is 31.0 Å². The number of nitrogens with zero attached hydrogens (tertiary/aromatic N) is 2. The lowest BCUT2D eigenvalue weighted by Crippen LogP contribution is -2.50. The molecule has 0 bridgehead atoms. The average molecular weight is 373 g/mol. The van der Waals surface area contributed by atoms with Crippen LogP contribution in [0, 0.1) is 5.41 Å². The van der Waals surface area contributed by atoms with E-state index in [1.54, 1.807) is 4.31 Å². The Kier molecular flexibility index (Phi) is 7.55. The summed E-state index contributed by atoms with van der Waals surface area (Å²) in [5.74, 6) is 1.14. The first-order valence-corrected chi connectivity index (χ1v) is 11.5. The highest BCUT2D eigenvalue weighted by atomic mass is 32.2. The van der Waals surface area contributed by atoms with Crippen LogP contribution >= 0.6 is 0 Å². The SMILES string of the molecule is CCCS(=O)(=O)N1CCC(NC(=NCC2(C)CCCC2)NCC)CC1. The molecule has 2 fully saturated rings. The lowest BCUT2D eigenvalue weighted by atomic mass is 9.89. The predicted octanol–water partition coefficient (Wildman–Crippen LogP) is 2.33. The van der Waals surface area contributed by atoms with Crippen LogP contribution < -0.4 is 10.6 Å². The van der Waals surface area contributed by atoms with Gasteiger partial charge in [0.25, 0.3) is 0 Å². The zero-order chi connectivity index (χ0) is 18.3. The van der Waals surface area contributed by atoms with Gasteiger partial charge in [-0.1, -0.05) is 26.7 Å². The first kappa shape index (κ1) is 20.5. The van der Waals surface area contributed by atoms with Gasteiger partial charge in [0.2, 0.25) is 10.0 Å². The Morgan fingerprint density at radius 1 is 1.20 bits per heavy atom. The second-order valence-corrected chi connectivity index (χ2v) is 9.94. The van der Waals surface area contributed by atoms with Gasteiger partial charge in [-0.3, -0.25) is 4.99 Å². The molecule has 1 saturated heterocycles. The molecule has 1 aliphatic carbocycles. The van der Waals surface area contributed by atoms with E-state index < -0.39 is 10.0 Å². The second kappa shape index (κ2) is 9.21. The van der Waals surface area contributed by atoms with Gasteiger partial charge in [-0.2, -0.15) is 0 Å². The summed E-state index contributed by atoms with van der Waals surface area (Å²) in [6.45, 7) is 9.25. The molecule has 2 N–H and O–H groups in total. The maximum atomic E-state index is 12.2. The van der Waals surface area contributed by atoms with Crippen molar-refractivity contribution in [2.45, 2.75) is 71.8 Å². The number of rotatable bonds is 7. The van der Waals surface area contributed by atoms with E-state index in [1.165, 1.54) is 25.7 Å². The third kappa shape index (κ3) is 6.13. The molecule has 0 atom stereocenters. The Morgan fingerprint density at radius 3 is 2.40 bits per heavy atom. The fourth-order valence-corrected chi connectivity index (χ4v) is 5.38. The highest BCUT2D eigenvalue weighted by Gasteiger charge is 2.29. The van der Waals surface area contributed by atoms with Gasteiger partial charge in [0, 0.05) is 32.2 Å². The summed E-state index contributed by atoms with van der Waals surface area (Å²) in [5.41, 5.74) is 0.347. The van der Waals surface area contributed by atoms with Gasteiger partial charge in [0.1, 0.15) is 0 Å². The molecule has 1 aliphatic heterocycles. The summed E-state index contributed by atoms with van der Waals surface area (Å²) < 4.78 is 26.0. The van der Waals surface area contributed by atoms with Crippen molar-refractivity contribution >= 4 is 16.0 Å². The van der Waals surface area contributed by atoms with Crippen molar-refractivity contribution in [2.75, 3.05) is 31.9 Å². The molecule has 0 unspecified atom stereocenters. The van der Waals surface area contributed by atoms with E-state index in [9.17, 15) is 8.42 Å². The topological polar surface area (TPSA) is 73.8 Å². The molecule has 0 amide bonds. The van der Waals surface area contributed by atoms with Crippen molar-refractivity contribution in [3.05, 3.63) is 0 Å². The minimum atomic E-state index is -3.07. The molecule has 0 aromatic rings. The van der Waals surface area contributed by atoms with Crippen LogP contribution in [-0.4, -0.2) is 56.7 Å². The number of hydrogen-bond donors (Lipinski definition) is 2. The van der Waals surface area contributed by atoms with Crippen molar-refractivity contribution in [1.82, 2.24) is 14.9 Å². The normalized spacial score (nSPS) is 22.9. The molecule has 0 aromatic heterocycles. The lowest BCUT2D eigenvalue weighted by Gasteiger charge is -2.32. The quantitative estimate of drug-likeness (QED) is 0.531. The zero-order valence-corrected chi connectivity index (χ0v) is 17.0. The van der Waals surface area contributed by atoms with Crippen LogP contribution in [0.2, 0.25) is 0 Å². The van der Waals surface area contributed by atoms with E-state index in [-0.39, 0.29) is 5.75 Å². The first-order chi connectivity index (χ1) is 11.9. The van der Waals surface area contributed by atoms with Gasteiger partial charge in [-0.15, -0.1) is 0 Å². The van der Waals surface area contributed by atoms with Crippen molar-refractivity contribution < 1.29 is 8.42 Å². The van der Waals surface area contributed by atoms with Gasteiger partial charge in [0.15, 0.2) is 5.96 Å². The Balaban J connectivity index is 1.86. The van der Waals surface area contributed by atoms with Crippen LogP contribution in [0.15, 0.2) is 4.99 Å². The highest BCUT2D eigenvalue weighted by molar-refractivity contribution is 7.89. The summed E-state index contributed by atoms with van der Waals surface area (Å²) >= 11 is 0. The molecule has 0 aromatic carbocycles. The lowest BCUT2D eigenvalue weighted by molar-refractivity contribution is 0.305. The fraction of sp³-hybridized carbons (Fsp3) is 0.944. The molecule has 1 heterocycles. The second-order valence-electron chi connectivity index (χ2n) is 7.85. The minimum Gasteiger partial charge on any atom is -0.357 e. The average Bonchev–Trinajstić information content (AvgIpc) is 3.00. The molecular formula is C18H36N4O2S. The summed E-state index contributed by atoms with van der Waals surface area (Å²) in [6.07, 6.45) is 7.53. The summed E-state index contributed by atoms with van der Waals surface area (Å²) in [7, 11) is -3.07. The van der Waals surface area contributed by atoms with Crippen LogP contribution in [0.25, 0.3) is 0 Å². The van der Waals surface area contributed by atoms with Crippen molar-refractivity contribution in [1.29, 1.82) is 0 Å². The van der Waals surface area contributed by atoms with Crippen LogP contribution in [0.4, 0.5) is 0 Å². The van der Waals surface area contributed by atoms with E-state index in [1.807, 2.05) is 6.92 Å². The Morgan fingerprint density at radius 2 is 1.84 bits per heavy atom. The zero-order valence-electron chi connectivity index (χ0n) is 16.2. The third-order valence-corrected chi connectivity index (χ3v) is 7.50. The van der Waals surface area contributed by atoms with Crippen molar-refractivity contribution in [3.8, 4) is 0 Å². The van der Waals surface area contributed by atoms with Gasteiger partial charge in [-0.05, 0) is 44.4 Å². The first-order valence-electron chi connectivity index (χ1n) is 9.91. The van der Waals surface area contributed by atoms with Gasteiger partial charge >= 0.3 is 0 Å². The molecule has 25 heavy (non-hydrogen) atoms. The summed E-state index contributed by atoms with van der Waals surface area (Å²) in [5, 5.41) is 6.86. The molecule has 6 nitrogen and oxygen atoms in total. The molecule has 0 radical (unpaired) electrons. The Hall–Kier alpha value is -0.820. The van der Waals surface area contributed by atoms with Crippen molar-refractivity contribution in [3.63, 3.8) is 0 Å². The smallest absolute Gasteiger partial charge is 0.214 e. The standard InChI is InChI=1S/C18H36N4O2S/c1-4-14-25(23,24)22-12-8-16(9-13-22)21-17(19-5-2)20-15-18(3)10-6-7-11-18/h16H,4-15H2,1-3H3,(H2,19,20,21). The van der Waals surface area contributed by atoms with Gasteiger partial charge < -0.3 is 10.6 Å². The number of piperidine rings is 1. The van der Waals surface area contributed by atoms with Gasteiger partial charge in [-0.25, -0.2) is 12.7 Å². The van der Waals surface area contributed by atoms with Gasteiger partial charge in [0.05, 0.1) is 5.75 Å². The molecule has 1 saturated carbocycles. The Bertz CT molecular complexity index is 533. The minimum absolute atomic E-state index is 0.258. The number of hydrogen-bond acceptors (Lipinski definition) is 3. The number of aliphatic imine (C=N–C) groups is 1. The third-order valence-electron chi connectivity index (χ3n) is 5.42. The molecule has 7 heteroatoms. The van der Waals surface area contributed by atoms with Crippen LogP contribution in [0.3, 0.4) is 0 Å². The van der Waals surface area contributed by atoms with E-state index >= 15 is 0 Å². The monoisotopic (exact) mass is 372 g/mol. The molecule has 2 rings (SSSR count). The van der Waals surface area contributed by atoms with Crippen LogP contribution in [0.5, 0.6) is 0 Å². The summed E-state index contributed by atoms with van der Waals surface area (Å²) in [6, 6.07) is 0.294. The van der Waals surface area contributed by atoms with Crippen LogP contribution in [0.1, 0.15) is 65.7 Å². The number of nitrogens with one attached hydrogen (secondary N) is 2. The fourth-order valence-electron chi connectivity index (χ4n) is 3.84. The van der Waals surface area contributed by atoms with Crippen LogP contribution in [-0.2, 0) is 10.0 Å². The van der Waals surface area contributed by atoms with E-state index in [4.69, 9.17) is 4.99 Å². The molecule has 146 valence electrons.